The maximum absolute atomic E-state index is 14.3. The standard InChI is InChI=1S/C38H29I2N3O5S/c1-3-46-28-16-14-25(15-17-28)34-32(37(45)47-4-2)33(24-10-6-5-7-11-24)42-38-43(34)36(44)31(49-38)20-23-18-29(39)35(30(40)19-23)48-22-27-13-9-8-12-26(27)21-41/h5-20,34H,3-4,22H2,1-2H3/b31-20-/t34-/m1/s1. The van der Waals surface area contributed by atoms with Crippen LogP contribution in [0.4, 0.5) is 0 Å². The minimum atomic E-state index is -0.782. The van der Waals surface area contributed by atoms with Crippen LogP contribution in [0.2, 0.25) is 0 Å². The summed E-state index contributed by atoms with van der Waals surface area (Å²) in [5, 5.41) is 9.46. The fourth-order valence-electron chi connectivity index (χ4n) is 5.53. The lowest BCUT2D eigenvalue weighted by molar-refractivity contribution is -0.138. The van der Waals surface area contributed by atoms with Crippen molar-refractivity contribution in [1.29, 1.82) is 5.26 Å². The van der Waals surface area contributed by atoms with Crippen molar-refractivity contribution in [1.82, 2.24) is 4.57 Å². The van der Waals surface area contributed by atoms with Crippen LogP contribution in [-0.4, -0.2) is 23.8 Å². The largest absolute Gasteiger partial charge is 0.494 e. The number of hydrogen-bond donors (Lipinski definition) is 0. The zero-order valence-electron chi connectivity index (χ0n) is 26.5. The Morgan fingerprint density at radius 3 is 2.33 bits per heavy atom. The lowest BCUT2D eigenvalue weighted by Gasteiger charge is -2.26. The summed E-state index contributed by atoms with van der Waals surface area (Å²) in [6.07, 6.45) is 1.84. The number of thiazole rings is 1. The van der Waals surface area contributed by atoms with Gasteiger partial charge in [0, 0.05) is 11.1 Å². The number of aromatic nitrogens is 1. The van der Waals surface area contributed by atoms with Crippen LogP contribution in [0.25, 0.3) is 11.8 Å². The first kappa shape index (κ1) is 34.6. The van der Waals surface area contributed by atoms with Crippen LogP contribution in [0.5, 0.6) is 11.5 Å². The molecule has 1 aliphatic rings. The molecule has 11 heteroatoms. The average molecular weight is 894 g/mol. The number of ether oxygens (including phenoxy) is 3. The van der Waals surface area contributed by atoms with Crippen molar-refractivity contribution < 1.29 is 19.0 Å². The maximum atomic E-state index is 14.3. The van der Waals surface area contributed by atoms with Crippen LogP contribution in [-0.2, 0) is 16.1 Å². The summed E-state index contributed by atoms with van der Waals surface area (Å²) in [5.74, 6) is 0.861. The van der Waals surface area contributed by atoms with Gasteiger partial charge in [0.1, 0.15) is 18.1 Å². The van der Waals surface area contributed by atoms with E-state index >= 15 is 0 Å². The van der Waals surface area contributed by atoms with Crippen LogP contribution in [0, 0.1) is 18.5 Å². The number of hydrogen-bond acceptors (Lipinski definition) is 8. The first-order chi connectivity index (χ1) is 23.8. The highest BCUT2D eigenvalue weighted by Crippen LogP contribution is 2.36. The van der Waals surface area contributed by atoms with Gasteiger partial charge in [0.25, 0.3) is 5.56 Å². The number of carbonyl (C=O) groups is 1. The Hall–Kier alpha value is -4.26. The maximum Gasteiger partial charge on any atom is 0.338 e. The smallest absolute Gasteiger partial charge is 0.338 e. The van der Waals surface area contributed by atoms with E-state index in [1.165, 1.54) is 11.3 Å². The molecule has 6 rings (SSSR count). The van der Waals surface area contributed by atoms with Gasteiger partial charge in [-0.3, -0.25) is 9.36 Å². The average Bonchev–Trinajstić information content (AvgIpc) is 3.42. The van der Waals surface area contributed by atoms with Crippen molar-refractivity contribution >= 4 is 74.3 Å². The Labute approximate surface area is 314 Å². The fourth-order valence-corrected chi connectivity index (χ4v) is 8.65. The Balaban J connectivity index is 1.47. The highest BCUT2D eigenvalue weighted by atomic mass is 127. The van der Waals surface area contributed by atoms with Gasteiger partial charge in [0.15, 0.2) is 4.80 Å². The predicted octanol–water partition coefficient (Wildman–Crippen LogP) is 6.99. The Morgan fingerprint density at radius 2 is 1.65 bits per heavy atom. The molecule has 0 amide bonds. The van der Waals surface area contributed by atoms with E-state index in [1.54, 1.807) is 17.6 Å². The van der Waals surface area contributed by atoms with Crippen LogP contribution in [0.3, 0.4) is 0 Å². The molecule has 0 saturated heterocycles. The number of nitrogens with zero attached hydrogens (tertiary/aromatic N) is 3. The highest BCUT2D eigenvalue weighted by Gasteiger charge is 2.35. The van der Waals surface area contributed by atoms with E-state index in [0.29, 0.717) is 44.3 Å². The molecule has 2 heterocycles. The van der Waals surface area contributed by atoms with Crippen LogP contribution in [0.15, 0.2) is 106 Å². The Morgan fingerprint density at radius 1 is 0.959 bits per heavy atom. The van der Waals surface area contributed by atoms with Crippen molar-refractivity contribution in [3.8, 4) is 17.6 Å². The minimum absolute atomic E-state index is 0.173. The van der Waals surface area contributed by atoms with E-state index in [4.69, 9.17) is 19.2 Å². The number of nitriles is 1. The molecule has 0 fully saturated rings. The first-order valence-electron chi connectivity index (χ1n) is 15.4. The second-order valence-electron chi connectivity index (χ2n) is 10.8. The van der Waals surface area contributed by atoms with Gasteiger partial charge in [-0.25, -0.2) is 9.79 Å². The van der Waals surface area contributed by atoms with Gasteiger partial charge in [-0.15, -0.1) is 0 Å². The van der Waals surface area contributed by atoms with Crippen molar-refractivity contribution in [3.05, 3.63) is 151 Å². The molecular formula is C38H29I2N3O5S. The fraction of sp³-hybridized carbons (Fsp3) is 0.158. The van der Waals surface area contributed by atoms with Crippen molar-refractivity contribution in [2.24, 2.45) is 4.99 Å². The summed E-state index contributed by atoms with van der Waals surface area (Å²) < 4.78 is 21.2. The second-order valence-corrected chi connectivity index (χ2v) is 14.1. The van der Waals surface area contributed by atoms with E-state index in [-0.39, 0.29) is 18.8 Å². The van der Waals surface area contributed by atoms with Crippen molar-refractivity contribution in [3.63, 3.8) is 0 Å². The zero-order valence-corrected chi connectivity index (χ0v) is 31.6. The molecule has 0 N–H and O–H groups in total. The summed E-state index contributed by atoms with van der Waals surface area (Å²) >= 11 is 5.72. The number of halogens is 2. The molecule has 5 aromatic rings. The van der Waals surface area contributed by atoms with E-state index in [1.807, 2.05) is 97.9 Å². The molecule has 0 bridgehead atoms. The first-order valence-corrected chi connectivity index (χ1v) is 18.4. The Kier molecular flexibility index (Phi) is 11.0. The van der Waals surface area contributed by atoms with Crippen molar-refractivity contribution in [2.45, 2.75) is 26.5 Å². The van der Waals surface area contributed by atoms with Crippen LogP contribution < -0.4 is 24.4 Å². The third kappa shape index (κ3) is 7.36. The number of fused-ring (bicyclic) bond motifs is 1. The number of carbonyl (C=O) groups excluding carboxylic acids is 1. The van der Waals surface area contributed by atoms with E-state index in [0.717, 1.165) is 29.4 Å². The van der Waals surface area contributed by atoms with Crippen LogP contribution in [0.1, 0.15) is 47.7 Å². The van der Waals surface area contributed by atoms with E-state index < -0.39 is 12.0 Å². The predicted molar refractivity (Wildman–Crippen MR) is 206 cm³/mol. The third-order valence-electron chi connectivity index (χ3n) is 7.71. The molecule has 0 saturated carbocycles. The van der Waals surface area contributed by atoms with E-state index in [2.05, 4.69) is 51.3 Å². The van der Waals surface area contributed by atoms with E-state index in [9.17, 15) is 14.9 Å². The Bertz CT molecular complexity index is 2270. The normalized spacial score (nSPS) is 14.1. The molecule has 49 heavy (non-hydrogen) atoms. The zero-order chi connectivity index (χ0) is 34.5. The summed E-state index contributed by atoms with van der Waals surface area (Å²) in [4.78, 5) is 33.5. The number of esters is 1. The highest BCUT2D eigenvalue weighted by molar-refractivity contribution is 14.1. The van der Waals surface area contributed by atoms with Gasteiger partial charge < -0.3 is 14.2 Å². The molecule has 1 aliphatic heterocycles. The number of benzene rings is 4. The summed E-state index contributed by atoms with van der Waals surface area (Å²) in [6.45, 7) is 4.62. The summed E-state index contributed by atoms with van der Waals surface area (Å²) in [5.41, 5.74) is 4.16. The van der Waals surface area contributed by atoms with Crippen LogP contribution >= 0.6 is 56.5 Å². The molecule has 0 aliphatic carbocycles. The third-order valence-corrected chi connectivity index (χ3v) is 10.3. The summed E-state index contributed by atoms with van der Waals surface area (Å²) in [6, 6.07) is 29.6. The monoisotopic (exact) mass is 893 g/mol. The molecule has 1 aromatic heterocycles. The van der Waals surface area contributed by atoms with Gasteiger partial charge >= 0.3 is 5.97 Å². The molecular weight excluding hydrogens is 864 g/mol. The van der Waals surface area contributed by atoms with Gasteiger partial charge in [0.05, 0.1) is 53.8 Å². The minimum Gasteiger partial charge on any atom is -0.494 e. The molecule has 4 aromatic carbocycles. The van der Waals surface area contributed by atoms with Gasteiger partial charge in [0.2, 0.25) is 0 Å². The van der Waals surface area contributed by atoms with Gasteiger partial charge in [-0.2, -0.15) is 5.26 Å². The number of rotatable bonds is 10. The van der Waals surface area contributed by atoms with Crippen molar-refractivity contribution in [2.75, 3.05) is 13.2 Å². The second kappa shape index (κ2) is 15.5. The topological polar surface area (TPSA) is 103 Å². The molecule has 8 nitrogen and oxygen atoms in total. The molecule has 0 radical (unpaired) electrons. The molecule has 1 atom stereocenters. The molecule has 0 spiro atoms. The SMILES string of the molecule is CCOC(=O)C1=C(c2ccccc2)N=c2s/c(=C\c3cc(I)c(OCc4ccccc4C#N)c(I)c3)c(=O)n2[C@@H]1c1ccc(OCC)cc1. The summed E-state index contributed by atoms with van der Waals surface area (Å²) in [7, 11) is 0. The van der Waals surface area contributed by atoms with Gasteiger partial charge in [-0.05, 0) is 107 Å². The van der Waals surface area contributed by atoms with Gasteiger partial charge in [-0.1, -0.05) is 72.0 Å². The molecule has 246 valence electrons. The quantitative estimate of drug-likeness (QED) is 0.111. The lowest BCUT2D eigenvalue weighted by atomic mass is 9.93. The molecule has 0 unspecified atom stereocenters. The lowest BCUT2D eigenvalue weighted by Crippen LogP contribution is -2.40.